The molecule has 2 aliphatic rings. The van der Waals surface area contributed by atoms with Crippen molar-refractivity contribution in [2.75, 3.05) is 12.1 Å². The minimum Gasteiger partial charge on any atom is -0.454 e. The fraction of sp³-hybridized carbons (Fsp3) is 0.158. The average Bonchev–Trinajstić information content (AvgIpc) is 3.28. The van der Waals surface area contributed by atoms with Crippen molar-refractivity contribution in [2.45, 2.75) is 12.8 Å². The monoisotopic (exact) mass is 334 g/mol. The molecule has 6 nitrogen and oxygen atoms in total. The Morgan fingerprint density at radius 3 is 2.88 bits per heavy atom. The molecular weight excluding hydrogens is 320 g/mol. The summed E-state index contributed by atoms with van der Waals surface area (Å²) < 4.78 is 16.1. The van der Waals surface area contributed by atoms with E-state index >= 15 is 0 Å². The molecular formula is C19H14N2O4. The van der Waals surface area contributed by atoms with Crippen LogP contribution >= 0.6 is 0 Å². The van der Waals surface area contributed by atoms with Crippen LogP contribution < -0.4 is 14.8 Å². The summed E-state index contributed by atoms with van der Waals surface area (Å²) in [6, 6.07) is 13.3. The number of aryl methyl sites for hydroxylation is 1. The summed E-state index contributed by atoms with van der Waals surface area (Å²) >= 11 is 0. The van der Waals surface area contributed by atoms with Crippen LogP contribution in [0.4, 0.5) is 5.69 Å². The number of anilines is 1. The minimum atomic E-state index is -0.289. The van der Waals surface area contributed by atoms with Gasteiger partial charge in [0.15, 0.2) is 23.0 Å². The molecule has 1 N–H and O–H groups in total. The van der Waals surface area contributed by atoms with Crippen molar-refractivity contribution in [3.8, 4) is 22.8 Å². The van der Waals surface area contributed by atoms with Crippen LogP contribution in [0.25, 0.3) is 11.3 Å². The van der Waals surface area contributed by atoms with E-state index in [-0.39, 0.29) is 12.7 Å². The standard InChI is InChI=1S/C19H14N2O4/c22-19(20-12-6-8-15-16(9-12)24-10-23-15)17-14-7-5-11-3-1-2-4-13(11)18(14)25-21-17/h1-4,6,8-9H,5,7,10H2,(H,20,22). The van der Waals surface area contributed by atoms with Gasteiger partial charge in [0.25, 0.3) is 5.91 Å². The van der Waals surface area contributed by atoms with Crippen LogP contribution in [-0.4, -0.2) is 17.9 Å². The first kappa shape index (κ1) is 14.1. The number of amides is 1. The molecule has 124 valence electrons. The van der Waals surface area contributed by atoms with E-state index in [1.807, 2.05) is 18.2 Å². The van der Waals surface area contributed by atoms with Crippen molar-refractivity contribution in [1.82, 2.24) is 5.16 Å². The molecule has 1 aromatic heterocycles. The van der Waals surface area contributed by atoms with Gasteiger partial charge in [0.1, 0.15) is 0 Å². The van der Waals surface area contributed by atoms with E-state index in [2.05, 4.69) is 16.5 Å². The van der Waals surface area contributed by atoms with E-state index in [1.54, 1.807) is 18.2 Å². The smallest absolute Gasteiger partial charge is 0.278 e. The van der Waals surface area contributed by atoms with Gasteiger partial charge in [0, 0.05) is 22.9 Å². The maximum absolute atomic E-state index is 12.7. The van der Waals surface area contributed by atoms with Gasteiger partial charge in [0.2, 0.25) is 6.79 Å². The topological polar surface area (TPSA) is 73.6 Å². The van der Waals surface area contributed by atoms with Crippen LogP contribution in [0.2, 0.25) is 0 Å². The normalized spacial score (nSPS) is 13.9. The summed E-state index contributed by atoms with van der Waals surface area (Å²) in [5.74, 6) is 1.70. The molecule has 0 fully saturated rings. The van der Waals surface area contributed by atoms with Gasteiger partial charge >= 0.3 is 0 Å². The molecule has 25 heavy (non-hydrogen) atoms. The highest BCUT2D eigenvalue weighted by Gasteiger charge is 2.27. The molecule has 6 heteroatoms. The Hall–Kier alpha value is -3.28. The van der Waals surface area contributed by atoms with Gasteiger partial charge in [-0.15, -0.1) is 0 Å². The Morgan fingerprint density at radius 2 is 1.92 bits per heavy atom. The lowest BCUT2D eigenvalue weighted by molar-refractivity contribution is 0.101. The van der Waals surface area contributed by atoms with Gasteiger partial charge in [-0.2, -0.15) is 0 Å². The summed E-state index contributed by atoms with van der Waals surface area (Å²) in [5, 5.41) is 6.87. The molecule has 0 unspecified atom stereocenters. The molecule has 3 aromatic rings. The third-order valence-electron chi connectivity index (χ3n) is 4.54. The van der Waals surface area contributed by atoms with Crippen molar-refractivity contribution in [3.05, 3.63) is 59.3 Å². The number of carbonyl (C=O) groups excluding carboxylic acids is 1. The maximum Gasteiger partial charge on any atom is 0.278 e. The Labute approximate surface area is 143 Å². The summed E-state index contributed by atoms with van der Waals surface area (Å²) in [4.78, 5) is 12.7. The first-order valence-corrected chi connectivity index (χ1v) is 8.07. The number of carbonyl (C=O) groups is 1. The SMILES string of the molecule is O=C(Nc1ccc2c(c1)OCO2)c1noc2c1CCc1ccccc1-2. The lowest BCUT2D eigenvalue weighted by atomic mass is 9.89. The molecule has 1 amide bonds. The molecule has 5 rings (SSSR count). The van der Waals surface area contributed by atoms with E-state index in [1.165, 1.54) is 5.56 Å². The van der Waals surface area contributed by atoms with Gasteiger partial charge in [0.05, 0.1) is 0 Å². The Balaban J connectivity index is 1.45. The second kappa shape index (κ2) is 5.37. The fourth-order valence-corrected chi connectivity index (χ4v) is 3.32. The van der Waals surface area contributed by atoms with Gasteiger partial charge in [-0.3, -0.25) is 4.79 Å². The predicted octanol–water partition coefficient (Wildman–Crippen LogP) is 3.42. The van der Waals surface area contributed by atoms with E-state index in [9.17, 15) is 4.79 Å². The molecule has 0 bridgehead atoms. The molecule has 2 heterocycles. The Morgan fingerprint density at radius 1 is 1.04 bits per heavy atom. The molecule has 0 atom stereocenters. The molecule has 1 aliphatic carbocycles. The minimum absolute atomic E-state index is 0.197. The first-order valence-electron chi connectivity index (χ1n) is 8.07. The van der Waals surface area contributed by atoms with Crippen molar-refractivity contribution in [1.29, 1.82) is 0 Å². The number of nitrogens with zero attached hydrogens (tertiary/aromatic N) is 1. The molecule has 0 radical (unpaired) electrons. The largest absolute Gasteiger partial charge is 0.454 e. The fourth-order valence-electron chi connectivity index (χ4n) is 3.32. The van der Waals surface area contributed by atoms with E-state index in [0.717, 1.165) is 24.0 Å². The maximum atomic E-state index is 12.7. The quantitative estimate of drug-likeness (QED) is 0.777. The number of nitrogens with one attached hydrogen (secondary N) is 1. The van der Waals surface area contributed by atoms with Gasteiger partial charge in [-0.05, 0) is 30.5 Å². The predicted molar refractivity (Wildman–Crippen MR) is 89.9 cm³/mol. The number of hydrogen-bond acceptors (Lipinski definition) is 5. The number of ether oxygens (including phenoxy) is 2. The van der Waals surface area contributed by atoms with Gasteiger partial charge in [-0.1, -0.05) is 29.4 Å². The van der Waals surface area contributed by atoms with Gasteiger partial charge in [-0.25, -0.2) is 0 Å². The highest BCUT2D eigenvalue weighted by atomic mass is 16.7. The van der Waals surface area contributed by atoms with Crippen LogP contribution in [0.1, 0.15) is 21.6 Å². The number of aromatic nitrogens is 1. The lowest BCUT2D eigenvalue weighted by Crippen LogP contribution is -2.15. The summed E-state index contributed by atoms with van der Waals surface area (Å²) in [7, 11) is 0. The van der Waals surface area contributed by atoms with E-state index in [0.29, 0.717) is 28.6 Å². The second-order valence-corrected chi connectivity index (χ2v) is 6.02. The van der Waals surface area contributed by atoms with Crippen LogP contribution in [0, 0.1) is 0 Å². The summed E-state index contributed by atoms with van der Waals surface area (Å²) in [5.41, 5.74) is 4.05. The molecule has 0 saturated heterocycles. The van der Waals surface area contributed by atoms with E-state index < -0.39 is 0 Å². The third-order valence-corrected chi connectivity index (χ3v) is 4.54. The zero-order valence-electron chi connectivity index (χ0n) is 13.2. The van der Waals surface area contributed by atoms with Crippen molar-refractivity contribution >= 4 is 11.6 Å². The number of rotatable bonds is 2. The highest BCUT2D eigenvalue weighted by molar-refractivity contribution is 6.05. The van der Waals surface area contributed by atoms with Crippen LogP contribution in [0.3, 0.4) is 0 Å². The molecule has 0 saturated carbocycles. The Bertz CT molecular complexity index is 993. The summed E-state index contributed by atoms with van der Waals surface area (Å²) in [6.07, 6.45) is 1.61. The third kappa shape index (κ3) is 2.26. The van der Waals surface area contributed by atoms with E-state index in [4.69, 9.17) is 14.0 Å². The van der Waals surface area contributed by atoms with Crippen molar-refractivity contribution in [3.63, 3.8) is 0 Å². The molecule has 2 aromatic carbocycles. The first-order chi connectivity index (χ1) is 12.3. The Kier molecular flexibility index (Phi) is 3.03. The second-order valence-electron chi connectivity index (χ2n) is 6.02. The average molecular weight is 334 g/mol. The zero-order valence-corrected chi connectivity index (χ0v) is 13.2. The zero-order chi connectivity index (χ0) is 16.8. The lowest BCUT2D eigenvalue weighted by Gasteiger charge is -2.14. The molecule has 0 spiro atoms. The highest BCUT2D eigenvalue weighted by Crippen LogP contribution is 2.36. The van der Waals surface area contributed by atoms with Crippen LogP contribution in [0.15, 0.2) is 47.0 Å². The number of benzene rings is 2. The van der Waals surface area contributed by atoms with Crippen molar-refractivity contribution < 1.29 is 18.8 Å². The van der Waals surface area contributed by atoms with Crippen LogP contribution in [-0.2, 0) is 12.8 Å². The van der Waals surface area contributed by atoms with Crippen LogP contribution in [0.5, 0.6) is 11.5 Å². The number of hydrogen-bond donors (Lipinski definition) is 1. The summed E-state index contributed by atoms with van der Waals surface area (Å²) in [6.45, 7) is 0.197. The number of fused-ring (bicyclic) bond motifs is 4. The van der Waals surface area contributed by atoms with Gasteiger partial charge < -0.3 is 19.3 Å². The molecule has 1 aliphatic heterocycles. The van der Waals surface area contributed by atoms with Crippen molar-refractivity contribution in [2.24, 2.45) is 0 Å².